The molecule has 0 spiro atoms. The predicted octanol–water partition coefficient (Wildman–Crippen LogP) is 3.16. The maximum Gasteiger partial charge on any atom is 0.132 e. The fraction of sp³-hybridized carbons (Fsp3) is 0.333. The minimum Gasteiger partial charge on any atom is -0.386 e. The smallest absolute Gasteiger partial charge is 0.132 e. The summed E-state index contributed by atoms with van der Waals surface area (Å²) in [6.07, 6.45) is -0.578. The maximum absolute atomic E-state index is 13.5. The van der Waals surface area contributed by atoms with E-state index < -0.39 is 11.9 Å². The summed E-state index contributed by atoms with van der Waals surface area (Å²) in [7, 11) is 0. The van der Waals surface area contributed by atoms with Crippen LogP contribution >= 0.6 is 0 Å². The minimum absolute atomic E-state index is 0.399. The van der Waals surface area contributed by atoms with E-state index in [9.17, 15) is 9.50 Å². The van der Waals surface area contributed by atoms with Crippen molar-refractivity contribution >= 4 is 5.57 Å². The van der Waals surface area contributed by atoms with Crippen LogP contribution in [0.4, 0.5) is 4.39 Å². The molecule has 1 atom stereocenters. The Labute approximate surface area is 83.9 Å². The van der Waals surface area contributed by atoms with E-state index in [0.717, 1.165) is 5.56 Å². The van der Waals surface area contributed by atoms with Gasteiger partial charge in [0.25, 0.3) is 0 Å². The topological polar surface area (TPSA) is 20.2 Å². The fourth-order valence-corrected chi connectivity index (χ4v) is 1.26. The van der Waals surface area contributed by atoms with Gasteiger partial charge in [-0.2, -0.15) is 0 Å². The van der Waals surface area contributed by atoms with Gasteiger partial charge >= 0.3 is 0 Å². The van der Waals surface area contributed by atoms with Crippen LogP contribution in [0.1, 0.15) is 25.8 Å². The normalized spacial score (nSPS) is 14.9. The van der Waals surface area contributed by atoms with Gasteiger partial charge in [-0.1, -0.05) is 37.3 Å². The van der Waals surface area contributed by atoms with Crippen molar-refractivity contribution in [2.24, 2.45) is 0 Å². The molecule has 1 nitrogen and oxygen atoms in total. The van der Waals surface area contributed by atoms with Gasteiger partial charge < -0.3 is 5.11 Å². The van der Waals surface area contributed by atoms with E-state index in [1.165, 1.54) is 0 Å². The fourth-order valence-electron chi connectivity index (χ4n) is 1.26. The van der Waals surface area contributed by atoms with E-state index in [4.69, 9.17) is 0 Å². The van der Waals surface area contributed by atoms with Crippen LogP contribution in [0.2, 0.25) is 0 Å². The number of hydrogen-bond acceptors (Lipinski definition) is 1. The molecule has 1 unspecified atom stereocenters. The minimum atomic E-state index is -0.977. The van der Waals surface area contributed by atoms with Crippen LogP contribution in [0.5, 0.6) is 0 Å². The van der Waals surface area contributed by atoms with Crippen molar-refractivity contribution in [1.82, 2.24) is 0 Å². The van der Waals surface area contributed by atoms with Crippen LogP contribution in [-0.2, 0) is 0 Å². The SMILES string of the molecule is CCC(O)/C(F)=C(\C)c1ccccc1. The molecule has 76 valence electrons. The van der Waals surface area contributed by atoms with E-state index in [2.05, 4.69) is 0 Å². The lowest BCUT2D eigenvalue weighted by molar-refractivity contribution is 0.179. The quantitative estimate of drug-likeness (QED) is 0.783. The summed E-state index contributed by atoms with van der Waals surface area (Å²) in [5, 5.41) is 9.33. The summed E-state index contributed by atoms with van der Waals surface area (Å²) >= 11 is 0. The second-order valence-corrected chi connectivity index (χ2v) is 3.26. The number of allylic oxidation sites excluding steroid dienone is 1. The van der Waals surface area contributed by atoms with Gasteiger partial charge in [0.05, 0.1) is 0 Å². The lowest BCUT2D eigenvalue weighted by Gasteiger charge is -2.09. The summed E-state index contributed by atoms with van der Waals surface area (Å²) < 4.78 is 13.5. The molecule has 0 aromatic heterocycles. The van der Waals surface area contributed by atoms with Crippen LogP contribution in [-0.4, -0.2) is 11.2 Å². The average Bonchev–Trinajstić information content (AvgIpc) is 2.27. The van der Waals surface area contributed by atoms with Gasteiger partial charge in [0.1, 0.15) is 11.9 Å². The van der Waals surface area contributed by atoms with E-state index in [1.807, 2.05) is 30.3 Å². The van der Waals surface area contributed by atoms with Crippen molar-refractivity contribution in [2.45, 2.75) is 26.4 Å². The first-order valence-electron chi connectivity index (χ1n) is 4.76. The van der Waals surface area contributed by atoms with Crippen LogP contribution < -0.4 is 0 Å². The molecule has 1 aromatic carbocycles. The van der Waals surface area contributed by atoms with Gasteiger partial charge in [-0.25, -0.2) is 4.39 Å². The van der Waals surface area contributed by atoms with Gasteiger partial charge in [-0.05, 0) is 24.5 Å². The molecule has 0 saturated heterocycles. The molecule has 14 heavy (non-hydrogen) atoms. The molecule has 0 fully saturated rings. The number of halogens is 1. The van der Waals surface area contributed by atoms with Crippen molar-refractivity contribution in [2.75, 3.05) is 0 Å². The van der Waals surface area contributed by atoms with Crippen LogP contribution in [0.15, 0.2) is 36.2 Å². The van der Waals surface area contributed by atoms with Crippen molar-refractivity contribution in [1.29, 1.82) is 0 Å². The first-order valence-corrected chi connectivity index (χ1v) is 4.76. The summed E-state index contributed by atoms with van der Waals surface area (Å²) in [5.41, 5.74) is 1.33. The highest BCUT2D eigenvalue weighted by Crippen LogP contribution is 2.22. The second-order valence-electron chi connectivity index (χ2n) is 3.26. The molecule has 1 aromatic rings. The third-order valence-corrected chi connectivity index (χ3v) is 2.24. The Kier molecular flexibility index (Phi) is 3.84. The molecule has 0 bridgehead atoms. The number of aliphatic hydroxyl groups is 1. The van der Waals surface area contributed by atoms with Crippen molar-refractivity contribution in [3.8, 4) is 0 Å². The molecule has 1 rings (SSSR count). The Morgan fingerprint density at radius 3 is 2.43 bits per heavy atom. The maximum atomic E-state index is 13.5. The second kappa shape index (κ2) is 4.91. The zero-order valence-corrected chi connectivity index (χ0v) is 8.50. The molecule has 0 aliphatic rings. The Morgan fingerprint density at radius 1 is 1.36 bits per heavy atom. The first-order chi connectivity index (χ1) is 6.66. The summed E-state index contributed by atoms with van der Waals surface area (Å²) in [4.78, 5) is 0. The zero-order chi connectivity index (χ0) is 10.6. The lowest BCUT2D eigenvalue weighted by Crippen LogP contribution is -2.06. The number of hydrogen-bond donors (Lipinski definition) is 1. The largest absolute Gasteiger partial charge is 0.386 e. The van der Waals surface area contributed by atoms with Gasteiger partial charge in [0.2, 0.25) is 0 Å². The highest BCUT2D eigenvalue weighted by atomic mass is 19.1. The Balaban J connectivity index is 2.99. The Bertz CT molecular complexity index is 316. The third kappa shape index (κ3) is 2.42. The van der Waals surface area contributed by atoms with Crippen LogP contribution in [0.25, 0.3) is 5.57 Å². The molecule has 2 heteroatoms. The highest BCUT2D eigenvalue weighted by molar-refractivity contribution is 5.65. The molecule has 0 radical (unpaired) electrons. The van der Waals surface area contributed by atoms with Crippen molar-refractivity contribution in [3.63, 3.8) is 0 Å². The van der Waals surface area contributed by atoms with Gasteiger partial charge in [0, 0.05) is 0 Å². The van der Waals surface area contributed by atoms with E-state index >= 15 is 0 Å². The zero-order valence-electron chi connectivity index (χ0n) is 8.50. The number of rotatable bonds is 3. The van der Waals surface area contributed by atoms with Crippen LogP contribution in [0.3, 0.4) is 0 Å². The van der Waals surface area contributed by atoms with Crippen molar-refractivity contribution < 1.29 is 9.50 Å². The summed E-state index contributed by atoms with van der Waals surface area (Å²) in [6, 6.07) is 9.24. The number of aliphatic hydroxyl groups excluding tert-OH is 1. The summed E-state index contributed by atoms with van der Waals surface area (Å²) in [6.45, 7) is 3.44. The van der Waals surface area contributed by atoms with Gasteiger partial charge in [0.15, 0.2) is 0 Å². The molecule has 0 amide bonds. The third-order valence-electron chi connectivity index (χ3n) is 2.24. The van der Waals surface area contributed by atoms with Crippen LogP contribution in [0, 0.1) is 0 Å². The predicted molar refractivity (Wildman–Crippen MR) is 56.4 cm³/mol. The molecule has 1 N–H and O–H groups in total. The number of benzene rings is 1. The average molecular weight is 194 g/mol. The van der Waals surface area contributed by atoms with Crippen molar-refractivity contribution in [3.05, 3.63) is 41.7 Å². The highest BCUT2D eigenvalue weighted by Gasteiger charge is 2.11. The monoisotopic (exact) mass is 194 g/mol. The Morgan fingerprint density at radius 2 is 1.93 bits per heavy atom. The molecular formula is C12H15FO. The molecule has 0 heterocycles. The Hall–Kier alpha value is -1.15. The molecule has 0 saturated carbocycles. The van der Waals surface area contributed by atoms with E-state index in [1.54, 1.807) is 13.8 Å². The van der Waals surface area contributed by atoms with E-state index in [0.29, 0.717) is 12.0 Å². The summed E-state index contributed by atoms with van der Waals surface area (Å²) in [5.74, 6) is -0.432. The molecule has 0 aliphatic heterocycles. The molecule has 0 aliphatic carbocycles. The van der Waals surface area contributed by atoms with Gasteiger partial charge in [-0.3, -0.25) is 0 Å². The lowest BCUT2D eigenvalue weighted by atomic mass is 10.0. The standard InChI is InChI=1S/C12H15FO/c1-3-11(14)12(13)9(2)10-7-5-4-6-8-10/h4-8,11,14H,3H2,1-2H3/b12-9-. The van der Waals surface area contributed by atoms with Gasteiger partial charge in [-0.15, -0.1) is 0 Å². The first kappa shape index (κ1) is 10.9. The molecular weight excluding hydrogens is 179 g/mol. The van der Waals surface area contributed by atoms with E-state index in [-0.39, 0.29) is 0 Å².